The highest BCUT2D eigenvalue weighted by atomic mass is 19.2. The second-order valence-electron chi connectivity index (χ2n) is 4.29. The molecule has 2 atom stereocenters. The maximum absolute atomic E-state index is 13.0. The highest BCUT2D eigenvalue weighted by Gasteiger charge is 2.22. The molecule has 1 aromatic rings. The Morgan fingerprint density at radius 2 is 1.88 bits per heavy atom. The zero-order valence-corrected chi connectivity index (χ0v) is 9.45. The van der Waals surface area contributed by atoms with Gasteiger partial charge in [-0.3, -0.25) is 0 Å². The van der Waals surface area contributed by atoms with E-state index in [4.69, 9.17) is 5.73 Å². The monoisotopic (exact) mass is 229 g/mol. The molecule has 2 unspecified atom stereocenters. The molecule has 0 aliphatic carbocycles. The van der Waals surface area contributed by atoms with Crippen molar-refractivity contribution < 1.29 is 13.9 Å². The first-order valence-electron chi connectivity index (χ1n) is 5.28. The Morgan fingerprint density at radius 3 is 2.31 bits per heavy atom. The molecule has 0 aliphatic heterocycles. The lowest BCUT2D eigenvalue weighted by Crippen LogP contribution is -2.28. The highest BCUT2D eigenvalue weighted by molar-refractivity contribution is 5.21. The molecule has 90 valence electrons. The fourth-order valence-corrected chi connectivity index (χ4v) is 1.71. The molecule has 0 aliphatic rings. The zero-order chi connectivity index (χ0) is 12.3. The molecule has 2 nitrogen and oxygen atoms in total. The summed E-state index contributed by atoms with van der Waals surface area (Å²) in [6.45, 7) is 3.79. The van der Waals surface area contributed by atoms with E-state index in [1.54, 1.807) is 0 Å². The van der Waals surface area contributed by atoms with Crippen LogP contribution in [0.2, 0.25) is 0 Å². The normalized spacial score (nSPS) is 15.2. The van der Waals surface area contributed by atoms with Crippen LogP contribution < -0.4 is 5.73 Å². The average Bonchev–Trinajstić information content (AvgIpc) is 2.22. The molecule has 16 heavy (non-hydrogen) atoms. The fraction of sp³-hybridized carbons (Fsp3) is 0.500. The minimum atomic E-state index is -0.909. The van der Waals surface area contributed by atoms with Gasteiger partial charge in [-0.15, -0.1) is 0 Å². The van der Waals surface area contributed by atoms with Crippen molar-refractivity contribution in [2.24, 2.45) is 17.6 Å². The summed E-state index contributed by atoms with van der Waals surface area (Å²) in [6.07, 6.45) is 0. The number of hydrogen-bond acceptors (Lipinski definition) is 2. The lowest BCUT2D eigenvalue weighted by molar-refractivity contribution is 0.165. The van der Waals surface area contributed by atoms with Crippen LogP contribution >= 0.6 is 0 Å². The van der Waals surface area contributed by atoms with E-state index in [0.717, 1.165) is 12.1 Å². The van der Waals surface area contributed by atoms with Crippen LogP contribution in [0.25, 0.3) is 0 Å². The van der Waals surface area contributed by atoms with Crippen molar-refractivity contribution in [3.63, 3.8) is 0 Å². The molecule has 0 spiro atoms. The van der Waals surface area contributed by atoms with Gasteiger partial charge in [0.05, 0.1) is 0 Å². The van der Waals surface area contributed by atoms with Crippen LogP contribution in [-0.4, -0.2) is 11.7 Å². The van der Waals surface area contributed by atoms with Crippen LogP contribution in [0.1, 0.15) is 25.5 Å². The first-order valence-corrected chi connectivity index (χ1v) is 5.28. The maximum atomic E-state index is 13.0. The standard InChI is InChI=1S/C12H17F2NO/c1-7(2)9(6-16)12(15)8-3-4-10(13)11(14)5-8/h3-5,7,9,12,16H,6,15H2,1-2H3. The average molecular weight is 229 g/mol. The Balaban J connectivity index is 2.94. The maximum Gasteiger partial charge on any atom is 0.159 e. The number of aliphatic hydroxyl groups is 1. The number of halogens is 2. The van der Waals surface area contributed by atoms with Crippen LogP contribution in [0, 0.1) is 23.5 Å². The molecule has 0 amide bonds. The lowest BCUT2D eigenvalue weighted by atomic mass is 9.86. The number of nitrogens with two attached hydrogens (primary N) is 1. The minimum absolute atomic E-state index is 0.0716. The zero-order valence-electron chi connectivity index (χ0n) is 9.45. The van der Waals surface area contributed by atoms with E-state index in [9.17, 15) is 13.9 Å². The molecule has 4 heteroatoms. The Morgan fingerprint density at radius 1 is 1.25 bits per heavy atom. The van der Waals surface area contributed by atoms with Gasteiger partial charge in [-0.2, -0.15) is 0 Å². The van der Waals surface area contributed by atoms with E-state index in [2.05, 4.69) is 0 Å². The topological polar surface area (TPSA) is 46.2 Å². The van der Waals surface area contributed by atoms with Gasteiger partial charge >= 0.3 is 0 Å². The van der Waals surface area contributed by atoms with Crippen molar-refractivity contribution in [2.75, 3.05) is 6.61 Å². The van der Waals surface area contributed by atoms with Crippen LogP contribution in [0.5, 0.6) is 0 Å². The molecule has 0 heterocycles. The van der Waals surface area contributed by atoms with Crippen LogP contribution in [0.3, 0.4) is 0 Å². The van der Waals surface area contributed by atoms with Gasteiger partial charge in [-0.1, -0.05) is 19.9 Å². The largest absolute Gasteiger partial charge is 0.396 e. The molecule has 0 radical (unpaired) electrons. The smallest absolute Gasteiger partial charge is 0.159 e. The van der Waals surface area contributed by atoms with Gasteiger partial charge in [0.15, 0.2) is 11.6 Å². The van der Waals surface area contributed by atoms with Crippen molar-refractivity contribution in [3.05, 3.63) is 35.4 Å². The summed E-state index contributed by atoms with van der Waals surface area (Å²) < 4.78 is 25.8. The third-order valence-electron chi connectivity index (χ3n) is 2.86. The van der Waals surface area contributed by atoms with Crippen molar-refractivity contribution in [1.29, 1.82) is 0 Å². The van der Waals surface area contributed by atoms with E-state index >= 15 is 0 Å². The Kier molecular flexibility index (Phi) is 4.38. The Hall–Kier alpha value is -1.00. The van der Waals surface area contributed by atoms with Gasteiger partial charge in [0.25, 0.3) is 0 Å². The fourth-order valence-electron chi connectivity index (χ4n) is 1.71. The summed E-state index contributed by atoms with van der Waals surface area (Å²) in [5, 5.41) is 9.20. The van der Waals surface area contributed by atoms with Gasteiger partial charge in [0, 0.05) is 18.6 Å². The van der Waals surface area contributed by atoms with Crippen molar-refractivity contribution >= 4 is 0 Å². The van der Waals surface area contributed by atoms with Crippen molar-refractivity contribution in [1.82, 2.24) is 0 Å². The summed E-state index contributed by atoms with van der Waals surface area (Å²) in [5.74, 6) is -1.78. The lowest BCUT2D eigenvalue weighted by Gasteiger charge is -2.25. The van der Waals surface area contributed by atoms with Crippen molar-refractivity contribution in [2.45, 2.75) is 19.9 Å². The van der Waals surface area contributed by atoms with E-state index in [1.807, 2.05) is 13.8 Å². The second kappa shape index (κ2) is 5.37. The molecular formula is C12H17F2NO. The molecule has 3 N–H and O–H groups in total. The van der Waals surface area contributed by atoms with Gasteiger partial charge in [-0.05, 0) is 23.6 Å². The van der Waals surface area contributed by atoms with Crippen LogP contribution in [0.4, 0.5) is 8.78 Å². The molecule has 0 aromatic heterocycles. The van der Waals surface area contributed by atoms with Gasteiger partial charge in [-0.25, -0.2) is 8.78 Å². The number of aliphatic hydroxyl groups excluding tert-OH is 1. The Labute approximate surface area is 94.1 Å². The predicted molar refractivity (Wildman–Crippen MR) is 58.7 cm³/mol. The SMILES string of the molecule is CC(C)C(CO)C(N)c1ccc(F)c(F)c1. The Bertz CT molecular complexity index is 355. The number of benzene rings is 1. The molecule has 1 rings (SSSR count). The third-order valence-corrected chi connectivity index (χ3v) is 2.86. The number of rotatable bonds is 4. The van der Waals surface area contributed by atoms with E-state index in [-0.39, 0.29) is 18.4 Å². The van der Waals surface area contributed by atoms with Gasteiger partial charge in [0.1, 0.15) is 0 Å². The predicted octanol–water partition coefficient (Wildman–Crippen LogP) is 2.23. The van der Waals surface area contributed by atoms with Gasteiger partial charge in [0.2, 0.25) is 0 Å². The van der Waals surface area contributed by atoms with E-state index < -0.39 is 17.7 Å². The molecule has 0 fully saturated rings. The highest BCUT2D eigenvalue weighted by Crippen LogP contribution is 2.26. The summed E-state index contributed by atoms with van der Waals surface area (Å²) in [6, 6.07) is 3.11. The van der Waals surface area contributed by atoms with E-state index in [1.165, 1.54) is 6.07 Å². The van der Waals surface area contributed by atoms with Gasteiger partial charge < -0.3 is 10.8 Å². The summed E-state index contributed by atoms with van der Waals surface area (Å²) in [4.78, 5) is 0. The van der Waals surface area contributed by atoms with Crippen molar-refractivity contribution in [3.8, 4) is 0 Å². The van der Waals surface area contributed by atoms with E-state index in [0.29, 0.717) is 5.56 Å². The summed E-state index contributed by atoms with van der Waals surface area (Å²) in [7, 11) is 0. The second-order valence-corrected chi connectivity index (χ2v) is 4.29. The molecule has 0 saturated heterocycles. The third kappa shape index (κ3) is 2.77. The molecular weight excluding hydrogens is 212 g/mol. The van der Waals surface area contributed by atoms with Crippen LogP contribution in [0.15, 0.2) is 18.2 Å². The van der Waals surface area contributed by atoms with Crippen LogP contribution in [-0.2, 0) is 0 Å². The number of hydrogen-bond donors (Lipinski definition) is 2. The quantitative estimate of drug-likeness (QED) is 0.831. The molecule has 0 bridgehead atoms. The molecule has 1 aromatic carbocycles. The molecule has 0 saturated carbocycles. The first kappa shape index (κ1) is 13.1. The minimum Gasteiger partial charge on any atom is -0.396 e. The first-order chi connectivity index (χ1) is 7.47. The summed E-state index contributed by atoms with van der Waals surface area (Å²) in [5.41, 5.74) is 6.43. The summed E-state index contributed by atoms with van der Waals surface area (Å²) >= 11 is 0.